The third kappa shape index (κ3) is 2.71. The summed E-state index contributed by atoms with van der Waals surface area (Å²) in [5.74, 6) is -1.35. The standard InChI is InChI=1S/C13H9BrClF2N/c14-8-5-10(16)12(11(17)6-8)13(18)7-1-3-9(15)4-2-7/h1-6,13H,18H2. The highest BCUT2D eigenvalue weighted by molar-refractivity contribution is 9.10. The molecule has 2 rings (SSSR count). The number of halogens is 4. The maximum Gasteiger partial charge on any atom is 0.132 e. The van der Waals surface area contributed by atoms with Crippen LogP contribution in [0, 0.1) is 11.6 Å². The molecule has 2 N–H and O–H groups in total. The number of benzene rings is 2. The molecular weight excluding hydrogens is 324 g/mol. The van der Waals surface area contributed by atoms with E-state index in [1.165, 1.54) is 12.1 Å². The summed E-state index contributed by atoms with van der Waals surface area (Å²) in [6.45, 7) is 0. The van der Waals surface area contributed by atoms with Gasteiger partial charge in [0.2, 0.25) is 0 Å². The van der Waals surface area contributed by atoms with Gasteiger partial charge in [-0.15, -0.1) is 0 Å². The summed E-state index contributed by atoms with van der Waals surface area (Å²) < 4.78 is 27.8. The molecule has 2 aromatic carbocycles. The zero-order chi connectivity index (χ0) is 13.3. The van der Waals surface area contributed by atoms with Gasteiger partial charge in [-0.3, -0.25) is 0 Å². The Labute approximate surface area is 117 Å². The van der Waals surface area contributed by atoms with Gasteiger partial charge in [0.15, 0.2) is 0 Å². The SMILES string of the molecule is NC(c1ccc(Cl)cc1)c1c(F)cc(Br)cc1F. The molecule has 1 atom stereocenters. The Hall–Kier alpha value is -0.970. The monoisotopic (exact) mass is 331 g/mol. The second-order valence-corrected chi connectivity index (χ2v) is 5.16. The molecule has 94 valence electrons. The lowest BCUT2D eigenvalue weighted by Crippen LogP contribution is -2.15. The van der Waals surface area contributed by atoms with Gasteiger partial charge < -0.3 is 5.73 Å². The molecule has 0 heterocycles. The van der Waals surface area contributed by atoms with Crippen LogP contribution < -0.4 is 5.73 Å². The molecule has 0 fully saturated rings. The Kier molecular flexibility index (Phi) is 4.00. The van der Waals surface area contributed by atoms with Gasteiger partial charge in [0, 0.05) is 15.1 Å². The molecule has 0 spiro atoms. The summed E-state index contributed by atoms with van der Waals surface area (Å²) in [5.41, 5.74) is 6.32. The van der Waals surface area contributed by atoms with Gasteiger partial charge in [0.25, 0.3) is 0 Å². The van der Waals surface area contributed by atoms with Crippen LogP contribution in [0.2, 0.25) is 5.02 Å². The lowest BCUT2D eigenvalue weighted by molar-refractivity contribution is 0.542. The summed E-state index contributed by atoms with van der Waals surface area (Å²) in [6, 6.07) is 8.07. The highest BCUT2D eigenvalue weighted by Gasteiger charge is 2.19. The first-order chi connectivity index (χ1) is 8.49. The van der Waals surface area contributed by atoms with Crippen LogP contribution in [-0.2, 0) is 0 Å². The van der Waals surface area contributed by atoms with Crippen molar-refractivity contribution in [2.75, 3.05) is 0 Å². The minimum atomic E-state index is -0.865. The Balaban J connectivity index is 2.46. The van der Waals surface area contributed by atoms with Crippen LogP contribution in [0.3, 0.4) is 0 Å². The minimum Gasteiger partial charge on any atom is -0.320 e. The first-order valence-electron chi connectivity index (χ1n) is 5.14. The van der Waals surface area contributed by atoms with Crippen molar-refractivity contribution in [1.82, 2.24) is 0 Å². The van der Waals surface area contributed by atoms with Crippen LogP contribution >= 0.6 is 27.5 Å². The molecule has 18 heavy (non-hydrogen) atoms. The number of nitrogens with two attached hydrogens (primary N) is 1. The predicted molar refractivity (Wildman–Crippen MR) is 71.5 cm³/mol. The molecule has 0 bridgehead atoms. The van der Waals surface area contributed by atoms with Gasteiger partial charge in [0.05, 0.1) is 6.04 Å². The lowest BCUT2D eigenvalue weighted by Gasteiger charge is -2.14. The molecule has 1 nitrogen and oxygen atoms in total. The highest BCUT2D eigenvalue weighted by atomic mass is 79.9. The molecule has 0 amide bonds. The van der Waals surface area contributed by atoms with E-state index in [2.05, 4.69) is 15.9 Å². The Bertz CT molecular complexity index is 549. The summed E-state index contributed by atoms with van der Waals surface area (Å²) >= 11 is 8.77. The third-order valence-corrected chi connectivity index (χ3v) is 3.29. The number of hydrogen-bond donors (Lipinski definition) is 1. The largest absolute Gasteiger partial charge is 0.320 e. The van der Waals surface area contributed by atoms with Crippen LogP contribution in [0.1, 0.15) is 17.2 Å². The molecule has 5 heteroatoms. The summed E-state index contributed by atoms with van der Waals surface area (Å²) in [6.07, 6.45) is 0. The first kappa shape index (κ1) is 13.5. The van der Waals surface area contributed by atoms with Crippen LogP contribution in [0.5, 0.6) is 0 Å². The molecule has 0 radical (unpaired) electrons. The molecule has 0 aliphatic carbocycles. The van der Waals surface area contributed by atoms with Crippen molar-refractivity contribution in [3.8, 4) is 0 Å². The fourth-order valence-electron chi connectivity index (χ4n) is 1.69. The summed E-state index contributed by atoms with van der Waals surface area (Å²) in [4.78, 5) is 0. The normalized spacial score (nSPS) is 12.5. The molecule has 1 unspecified atom stereocenters. The van der Waals surface area contributed by atoms with Gasteiger partial charge in [-0.2, -0.15) is 0 Å². The van der Waals surface area contributed by atoms with E-state index in [9.17, 15) is 8.78 Å². The van der Waals surface area contributed by atoms with Crippen molar-refractivity contribution >= 4 is 27.5 Å². The van der Waals surface area contributed by atoms with E-state index in [1.54, 1.807) is 24.3 Å². The van der Waals surface area contributed by atoms with Crippen molar-refractivity contribution in [3.63, 3.8) is 0 Å². The van der Waals surface area contributed by atoms with E-state index in [-0.39, 0.29) is 5.56 Å². The number of rotatable bonds is 2. The second-order valence-electron chi connectivity index (χ2n) is 3.81. The average Bonchev–Trinajstić information content (AvgIpc) is 2.28. The highest BCUT2D eigenvalue weighted by Crippen LogP contribution is 2.28. The van der Waals surface area contributed by atoms with Crippen molar-refractivity contribution in [2.45, 2.75) is 6.04 Å². The zero-order valence-corrected chi connectivity index (χ0v) is 11.5. The maximum atomic E-state index is 13.8. The van der Waals surface area contributed by atoms with Crippen LogP contribution in [0.4, 0.5) is 8.78 Å². The maximum absolute atomic E-state index is 13.8. The molecule has 0 aliphatic heterocycles. The van der Waals surface area contributed by atoms with Crippen LogP contribution in [0.15, 0.2) is 40.9 Å². The Morgan fingerprint density at radius 1 is 1.06 bits per heavy atom. The van der Waals surface area contributed by atoms with Gasteiger partial charge in [-0.05, 0) is 29.8 Å². The van der Waals surface area contributed by atoms with Crippen molar-refractivity contribution < 1.29 is 8.78 Å². The quantitative estimate of drug-likeness (QED) is 0.865. The second kappa shape index (κ2) is 5.34. The molecule has 0 saturated heterocycles. The zero-order valence-electron chi connectivity index (χ0n) is 9.13. The van der Waals surface area contributed by atoms with Crippen LogP contribution in [-0.4, -0.2) is 0 Å². The van der Waals surface area contributed by atoms with E-state index in [0.29, 0.717) is 15.1 Å². The van der Waals surface area contributed by atoms with Crippen LogP contribution in [0.25, 0.3) is 0 Å². The summed E-state index contributed by atoms with van der Waals surface area (Å²) in [7, 11) is 0. The van der Waals surface area contributed by atoms with E-state index < -0.39 is 17.7 Å². The Morgan fingerprint density at radius 2 is 1.56 bits per heavy atom. The number of hydrogen-bond acceptors (Lipinski definition) is 1. The fourth-order valence-corrected chi connectivity index (χ4v) is 2.22. The van der Waals surface area contributed by atoms with E-state index in [0.717, 1.165) is 0 Å². The van der Waals surface area contributed by atoms with E-state index in [4.69, 9.17) is 17.3 Å². The average molecular weight is 333 g/mol. The molecule has 2 aromatic rings. The van der Waals surface area contributed by atoms with Crippen molar-refractivity contribution in [1.29, 1.82) is 0 Å². The smallest absolute Gasteiger partial charge is 0.132 e. The minimum absolute atomic E-state index is 0.152. The van der Waals surface area contributed by atoms with E-state index in [1.807, 2.05) is 0 Å². The third-order valence-electron chi connectivity index (χ3n) is 2.58. The topological polar surface area (TPSA) is 26.0 Å². The lowest BCUT2D eigenvalue weighted by atomic mass is 9.99. The van der Waals surface area contributed by atoms with E-state index >= 15 is 0 Å². The van der Waals surface area contributed by atoms with Gasteiger partial charge in [0.1, 0.15) is 11.6 Å². The molecule has 0 aliphatic rings. The summed E-state index contributed by atoms with van der Waals surface area (Å²) in [5, 5.41) is 0.544. The first-order valence-corrected chi connectivity index (χ1v) is 6.31. The molecular formula is C13H9BrClF2N. The molecule has 0 aromatic heterocycles. The van der Waals surface area contributed by atoms with Crippen molar-refractivity contribution in [2.24, 2.45) is 5.73 Å². The Morgan fingerprint density at radius 3 is 2.06 bits per heavy atom. The predicted octanol–water partition coefficient (Wildman–Crippen LogP) is 4.43. The fraction of sp³-hybridized carbons (Fsp3) is 0.0769. The van der Waals surface area contributed by atoms with Gasteiger partial charge >= 0.3 is 0 Å². The van der Waals surface area contributed by atoms with Gasteiger partial charge in [-0.25, -0.2) is 8.78 Å². The van der Waals surface area contributed by atoms with Crippen molar-refractivity contribution in [3.05, 3.63) is 68.7 Å². The molecule has 0 saturated carbocycles. The van der Waals surface area contributed by atoms with Gasteiger partial charge in [-0.1, -0.05) is 39.7 Å².